The summed E-state index contributed by atoms with van der Waals surface area (Å²) in [4.78, 5) is 29.3. The number of fused-ring (bicyclic) bond motifs is 1. The number of halogens is 1. The Kier molecular flexibility index (Phi) is 8.75. The summed E-state index contributed by atoms with van der Waals surface area (Å²) in [5.41, 5.74) is 2.05. The SMILES string of the molecule is COc1cccc([C@H](C(=O)NCCC(C)C)N(C(=O)Cn2nnc3ccccc32)c2ccc(F)cc2)c1OC. The van der Waals surface area contributed by atoms with E-state index >= 15 is 0 Å². The van der Waals surface area contributed by atoms with Gasteiger partial charge < -0.3 is 14.8 Å². The van der Waals surface area contributed by atoms with Crippen molar-refractivity contribution in [1.29, 1.82) is 0 Å². The normalized spacial score (nSPS) is 11.8. The number of para-hydroxylation sites is 2. The van der Waals surface area contributed by atoms with Crippen LogP contribution in [0.3, 0.4) is 0 Å². The number of ether oxygens (including phenoxy) is 2. The maximum absolute atomic E-state index is 14.1. The minimum atomic E-state index is -1.16. The molecular formula is C29H32FN5O4. The van der Waals surface area contributed by atoms with Crippen molar-refractivity contribution in [3.63, 3.8) is 0 Å². The van der Waals surface area contributed by atoms with E-state index in [0.29, 0.717) is 46.2 Å². The Morgan fingerprint density at radius 2 is 1.74 bits per heavy atom. The number of carbonyl (C=O) groups is 2. The van der Waals surface area contributed by atoms with Crippen LogP contribution in [0.25, 0.3) is 11.0 Å². The zero-order chi connectivity index (χ0) is 27.9. The second-order valence-electron chi connectivity index (χ2n) is 9.43. The lowest BCUT2D eigenvalue weighted by Crippen LogP contribution is -2.45. The zero-order valence-corrected chi connectivity index (χ0v) is 22.4. The summed E-state index contributed by atoms with van der Waals surface area (Å²) in [6.45, 7) is 4.33. The van der Waals surface area contributed by atoms with Crippen LogP contribution in [0.1, 0.15) is 31.9 Å². The number of hydrogen-bond donors (Lipinski definition) is 1. The van der Waals surface area contributed by atoms with Crippen molar-refractivity contribution in [2.24, 2.45) is 5.92 Å². The first-order valence-electron chi connectivity index (χ1n) is 12.7. The molecule has 0 radical (unpaired) electrons. The highest BCUT2D eigenvalue weighted by atomic mass is 19.1. The van der Waals surface area contributed by atoms with Gasteiger partial charge in [0.2, 0.25) is 11.8 Å². The van der Waals surface area contributed by atoms with Crippen LogP contribution >= 0.6 is 0 Å². The Morgan fingerprint density at radius 3 is 2.44 bits per heavy atom. The second kappa shape index (κ2) is 12.4. The molecule has 204 valence electrons. The van der Waals surface area contributed by atoms with Gasteiger partial charge in [-0.05, 0) is 54.8 Å². The highest BCUT2D eigenvalue weighted by molar-refractivity contribution is 6.02. The molecule has 1 N–H and O–H groups in total. The van der Waals surface area contributed by atoms with Crippen LogP contribution in [0.15, 0.2) is 66.7 Å². The predicted octanol–water partition coefficient (Wildman–Crippen LogP) is 4.52. The molecule has 0 saturated heterocycles. The minimum Gasteiger partial charge on any atom is -0.493 e. The molecule has 1 aromatic heterocycles. The fourth-order valence-electron chi connectivity index (χ4n) is 4.38. The van der Waals surface area contributed by atoms with Gasteiger partial charge in [0.05, 0.1) is 19.7 Å². The first-order valence-corrected chi connectivity index (χ1v) is 12.7. The third-order valence-electron chi connectivity index (χ3n) is 6.33. The molecule has 0 aliphatic heterocycles. The second-order valence-corrected chi connectivity index (χ2v) is 9.43. The van der Waals surface area contributed by atoms with Gasteiger partial charge >= 0.3 is 0 Å². The topological polar surface area (TPSA) is 98.6 Å². The molecule has 0 fully saturated rings. The van der Waals surface area contributed by atoms with Gasteiger partial charge in [-0.15, -0.1) is 5.10 Å². The van der Waals surface area contributed by atoms with E-state index in [9.17, 15) is 14.0 Å². The number of hydrogen-bond acceptors (Lipinski definition) is 6. The molecule has 1 heterocycles. The van der Waals surface area contributed by atoms with Crippen molar-refractivity contribution in [3.05, 3.63) is 78.1 Å². The van der Waals surface area contributed by atoms with Gasteiger partial charge in [-0.3, -0.25) is 14.5 Å². The first-order chi connectivity index (χ1) is 18.8. The summed E-state index contributed by atoms with van der Waals surface area (Å²) in [7, 11) is 2.97. The molecule has 2 amide bonds. The van der Waals surface area contributed by atoms with Gasteiger partial charge in [-0.25, -0.2) is 9.07 Å². The Bertz CT molecular complexity index is 1440. The van der Waals surface area contributed by atoms with Gasteiger partial charge in [0.1, 0.15) is 23.9 Å². The van der Waals surface area contributed by atoms with Crippen LogP contribution in [0.5, 0.6) is 11.5 Å². The molecule has 1 atom stereocenters. The molecule has 0 unspecified atom stereocenters. The predicted molar refractivity (Wildman–Crippen MR) is 146 cm³/mol. The zero-order valence-electron chi connectivity index (χ0n) is 22.4. The molecular weight excluding hydrogens is 501 g/mol. The Balaban J connectivity index is 1.84. The number of aromatic nitrogens is 3. The van der Waals surface area contributed by atoms with Crippen LogP contribution in [0, 0.1) is 11.7 Å². The summed E-state index contributed by atoms with van der Waals surface area (Å²) in [5, 5.41) is 11.3. The summed E-state index contributed by atoms with van der Waals surface area (Å²) in [5.74, 6) is -0.246. The van der Waals surface area contributed by atoms with E-state index in [0.717, 1.165) is 6.42 Å². The summed E-state index contributed by atoms with van der Waals surface area (Å²) in [6, 6.07) is 16.7. The number of rotatable bonds is 11. The molecule has 3 aromatic carbocycles. The van der Waals surface area contributed by atoms with Crippen LogP contribution in [0.4, 0.5) is 10.1 Å². The maximum atomic E-state index is 14.1. The molecule has 4 rings (SSSR count). The van der Waals surface area contributed by atoms with E-state index in [4.69, 9.17) is 9.47 Å². The van der Waals surface area contributed by atoms with E-state index in [2.05, 4.69) is 29.5 Å². The largest absolute Gasteiger partial charge is 0.493 e. The Hall–Kier alpha value is -4.47. The van der Waals surface area contributed by atoms with Crippen molar-refractivity contribution < 1.29 is 23.5 Å². The Labute approximate surface area is 226 Å². The number of amides is 2. The molecule has 0 aliphatic rings. The van der Waals surface area contributed by atoms with Gasteiger partial charge in [-0.2, -0.15) is 0 Å². The van der Waals surface area contributed by atoms with Gasteiger partial charge in [-0.1, -0.05) is 43.3 Å². The van der Waals surface area contributed by atoms with Crippen molar-refractivity contribution in [3.8, 4) is 11.5 Å². The molecule has 0 saturated carbocycles. The van der Waals surface area contributed by atoms with E-state index < -0.39 is 23.7 Å². The standard InChI is InChI=1S/C29H32FN5O4/c1-19(2)16-17-31-29(37)27(22-8-7-11-25(38-3)28(22)39-4)35(21-14-12-20(30)13-15-21)26(36)18-34-24-10-6-5-9-23(24)32-33-34/h5-15,19,27H,16-18H2,1-4H3,(H,31,37)/t27-/m1/s1. The van der Waals surface area contributed by atoms with E-state index in [1.807, 2.05) is 18.2 Å². The van der Waals surface area contributed by atoms with Crippen LogP contribution in [-0.4, -0.2) is 47.6 Å². The maximum Gasteiger partial charge on any atom is 0.249 e. The summed E-state index contributed by atoms with van der Waals surface area (Å²) in [6.07, 6.45) is 0.753. The molecule has 9 nitrogen and oxygen atoms in total. The van der Waals surface area contributed by atoms with E-state index in [-0.39, 0.29) is 6.54 Å². The molecule has 39 heavy (non-hydrogen) atoms. The summed E-state index contributed by atoms with van der Waals surface area (Å²) < 4.78 is 26.5. The lowest BCUT2D eigenvalue weighted by Gasteiger charge is -2.32. The highest BCUT2D eigenvalue weighted by Gasteiger charge is 2.36. The lowest BCUT2D eigenvalue weighted by molar-refractivity contribution is -0.127. The Morgan fingerprint density at radius 1 is 1.00 bits per heavy atom. The lowest BCUT2D eigenvalue weighted by atomic mass is 10.0. The van der Waals surface area contributed by atoms with Gasteiger partial charge in [0, 0.05) is 17.8 Å². The summed E-state index contributed by atoms with van der Waals surface area (Å²) >= 11 is 0. The van der Waals surface area contributed by atoms with E-state index in [1.165, 1.54) is 48.1 Å². The molecule has 10 heteroatoms. The molecule has 0 aliphatic carbocycles. The van der Waals surface area contributed by atoms with Crippen molar-refractivity contribution in [2.75, 3.05) is 25.7 Å². The molecule has 4 aromatic rings. The van der Waals surface area contributed by atoms with Crippen LogP contribution < -0.4 is 19.7 Å². The third kappa shape index (κ3) is 6.17. The van der Waals surface area contributed by atoms with Crippen molar-refractivity contribution >= 4 is 28.5 Å². The average Bonchev–Trinajstić information content (AvgIpc) is 3.34. The van der Waals surface area contributed by atoms with Crippen LogP contribution in [0.2, 0.25) is 0 Å². The fraction of sp³-hybridized carbons (Fsp3) is 0.310. The minimum absolute atomic E-state index is 0.208. The van der Waals surface area contributed by atoms with Crippen LogP contribution in [-0.2, 0) is 16.1 Å². The number of carbonyl (C=O) groups excluding carboxylic acids is 2. The fourth-order valence-corrected chi connectivity index (χ4v) is 4.38. The van der Waals surface area contributed by atoms with E-state index in [1.54, 1.807) is 24.3 Å². The highest BCUT2D eigenvalue weighted by Crippen LogP contribution is 2.39. The average molecular weight is 534 g/mol. The number of nitrogens with zero attached hydrogens (tertiary/aromatic N) is 4. The number of methoxy groups -OCH3 is 2. The van der Waals surface area contributed by atoms with Gasteiger partial charge in [0.15, 0.2) is 11.5 Å². The van der Waals surface area contributed by atoms with Gasteiger partial charge in [0.25, 0.3) is 0 Å². The quantitative estimate of drug-likeness (QED) is 0.304. The monoisotopic (exact) mass is 533 g/mol. The number of nitrogens with one attached hydrogen (secondary N) is 1. The smallest absolute Gasteiger partial charge is 0.249 e. The third-order valence-corrected chi connectivity index (χ3v) is 6.33. The van der Waals surface area contributed by atoms with Crippen molar-refractivity contribution in [2.45, 2.75) is 32.9 Å². The number of benzene rings is 3. The number of anilines is 1. The molecule has 0 bridgehead atoms. The first kappa shape index (κ1) is 27.6. The van der Waals surface area contributed by atoms with Crippen molar-refractivity contribution in [1.82, 2.24) is 20.3 Å². The molecule has 0 spiro atoms.